The molecule has 16 heavy (non-hydrogen) atoms. The summed E-state index contributed by atoms with van der Waals surface area (Å²) in [7, 11) is 2.30. The Morgan fingerprint density at radius 1 is 1.25 bits per heavy atom. The number of thioether (sulfide) groups is 1. The molecule has 1 aromatic rings. The average molecular weight is 234 g/mol. The number of nitrogens with zero attached hydrogens (tertiary/aromatic N) is 2. The topological polar surface area (TPSA) is 16.1 Å². The van der Waals surface area contributed by atoms with E-state index in [9.17, 15) is 0 Å². The predicted molar refractivity (Wildman–Crippen MR) is 67.7 cm³/mol. The second-order valence-corrected chi connectivity index (χ2v) is 6.25. The van der Waals surface area contributed by atoms with Gasteiger partial charge in [-0.15, -0.1) is 11.8 Å². The minimum absolute atomic E-state index is 0.781. The van der Waals surface area contributed by atoms with Crippen molar-refractivity contribution in [2.45, 2.75) is 48.0 Å². The SMILES string of the molecule is CN1C2CCC1CC(Sc1ccccn1)C2. The molecule has 0 N–H and O–H groups in total. The van der Waals surface area contributed by atoms with E-state index in [-0.39, 0.29) is 0 Å². The van der Waals surface area contributed by atoms with Gasteiger partial charge in [0.25, 0.3) is 0 Å². The van der Waals surface area contributed by atoms with Gasteiger partial charge in [0.2, 0.25) is 0 Å². The van der Waals surface area contributed by atoms with Crippen LogP contribution in [0.5, 0.6) is 0 Å². The zero-order valence-electron chi connectivity index (χ0n) is 9.67. The lowest BCUT2D eigenvalue weighted by Crippen LogP contribution is -2.40. The Morgan fingerprint density at radius 2 is 2.00 bits per heavy atom. The van der Waals surface area contributed by atoms with Gasteiger partial charge >= 0.3 is 0 Å². The van der Waals surface area contributed by atoms with Crippen LogP contribution in [0.1, 0.15) is 25.7 Å². The van der Waals surface area contributed by atoms with Crippen molar-refractivity contribution in [3.05, 3.63) is 24.4 Å². The number of aromatic nitrogens is 1. The summed E-state index contributed by atoms with van der Waals surface area (Å²) in [6.07, 6.45) is 7.38. The smallest absolute Gasteiger partial charge is 0.0962 e. The molecule has 2 atom stereocenters. The van der Waals surface area contributed by atoms with Gasteiger partial charge < -0.3 is 4.90 Å². The maximum atomic E-state index is 4.41. The maximum absolute atomic E-state index is 4.41. The molecule has 2 bridgehead atoms. The van der Waals surface area contributed by atoms with Crippen LogP contribution in [0.4, 0.5) is 0 Å². The van der Waals surface area contributed by atoms with E-state index in [4.69, 9.17) is 0 Å². The lowest BCUT2D eigenvalue weighted by atomic mass is 10.0. The molecular weight excluding hydrogens is 216 g/mol. The molecule has 0 amide bonds. The summed E-state index contributed by atoms with van der Waals surface area (Å²) >= 11 is 1.98. The van der Waals surface area contributed by atoms with Crippen LogP contribution in [0.3, 0.4) is 0 Å². The second-order valence-electron chi connectivity index (χ2n) is 4.93. The van der Waals surface area contributed by atoms with E-state index in [1.807, 2.05) is 24.0 Å². The van der Waals surface area contributed by atoms with Crippen molar-refractivity contribution in [1.82, 2.24) is 9.88 Å². The Balaban J connectivity index is 1.66. The predicted octanol–water partition coefficient (Wildman–Crippen LogP) is 2.80. The normalized spacial score (nSPS) is 34.2. The Bertz CT molecular complexity index is 340. The summed E-state index contributed by atoms with van der Waals surface area (Å²) in [4.78, 5) is 7.00. The highest BCUT2D eigenvalue weighted by Crippen LogP contribution is 2.40. The lowest BCUT2D eigenvalue weighted by Gasteiger charge is -2.35. The summed E-state index contributed by atoms with van der Waals surface area (Å²) in [6.45, 7) is 0. The fourth-order valence-corrected chi connectivity index (χ4v) is 4.30. The molecule has 2 fully saturated rings. The Hall–Kier alpha value is -0.540. The van der Waals surface area contributed by atoms with E-state index in [0.29, 0.717) is 0 Å². The second kappa shape index (κ2) is 4.38. The van der Waals surface area contributed by atoms with Gasteiger partial charge in [0.05, 0.1) is 5.03 Å². The molecule has 86 valence electrons. The van der Waals surface area contributed by atoms with E-state index in [1.165, 1.54) is 30.7 Å². The van der Waals surface area contributed by atoms with Crippen molar-refractivity contribution >= 4 is 11.8 Å². The molecule has 2 nitrogen and oxygen atoms in total. The van der Waals surface area contributed by atoms with Crippen molar-refractivity contribution in [2.24, 2.45) is 0 Å². The molecule has 3 heteroatoms. The first-order valence-corrected chi connectivity index (χ1v) is 7.00. The minimum Gasteiger partial charge on any atom is -0.300 e. The third kappa shape index (κ3) is 1.98. The van der Waals surface area contributed by atoms with Gasteiger partial charge in [-0.2, -0.15) is 0 Å². The van der Waals surface area contributed by atoms with Crippen LogP contribution in [-0.2, 0) is 0 Å². The zero-order chi connectivity index (χ0) is 11.0. The monoisotopic (exact) mass is 234 g/mol. The quantitative estimate of drug-likeness (QED) is 0.783. The standard InChI is InChI=1S/C13H18N2S/c1-15-10-5-6-11(15)9-12(8-10)16-13-4-2-3-7-14-13/h2-4,7,10-12H,5-6,8-9H2,1H3. The van der Waals surface area contributed by atoms with Gasteiger partial charge in [-0.25, -0.2) is 4.98 Å². The molecule has 0 saturated carbocycles. The molecule has 2 aliphatic rings. The molecule has 2 saturated heterocycles. The van der Waals surface area contributed by atoms with E-state index in [1.54, 1.807) is 0 Å². The third-order valence-electron chi connectivity index (χ3n) is 3.98. The average Bonchev–Trinajstić information content (AvgIpc) is 2.54. The summed E-state index contributed by atoms with van der Waals surface area (Å²) in [5.41, 5.74) is 0. The molecular formula is C13H18N2S. The van der Waals surface area contributed by atoms with Gasteiger partial charge in [0.15, 0.2) is 0 Å². The summed E-state index contributed by atoms with van der Waals surface area (Å²) < 4.78 is 0. The van der Waals surface area contributed by atoms with E-state index in [0.717, 1.165) is 17.3 Å². The van der Waals surface area contributed by atoms with Crippen LogP contribution < -0.4 is 0 Å². The number of rotatable bonds is 2. The molecule has 0 spiro atoms. The highest BCUT2D eigenvalue weighted by molar-refractivity contribution is 7.99. The van der Waals surface area contributed by atoms with Crippen LogP contribution in [0.25, 0.3) is 0 Å². The molecule has 0 radical (unpaired) electrons. The Labute approximate surface area is 101 Å². The maximum Gasteiger partial charge on any atom is 0.0962 e. The van der Waals surface area contributed by atoms with Gasteiger partial charge in [-0.1, -0.05) is 6.07 Å². The van der Waals surface area contributed by atoms with Gasteiger partial charge in [0, 0.05) is 23.5 Å². The van der Waals surface area contributed by atoms with Crippen LogP contribution in [0, 0.1) is 0 Å². The fraction of sp³-hybridized carbons (Fsp3) is 0.615. The van der Waals surface area contributed by atoms with Gasteiger partial charge in [-0.3, -0.25) is 0 Å². The van der Waals surface area contributed by atoms with Crippen molar-refractivity contribution in [2.75, 3.05) is 7.05 Å². The largest absolute Gasteiger partial charge is 0.300 e. The fourth-order valence-electron chi connectivity index (χ4n) is 3.05. The highest BCUT2D eigenvalue weighted by Gasteiger charge is 2.38. The number of piperidine rings is 1. The Kier molecular flexibility index (Phi) is 2.90. The van der Waals surface area contributed by atoms with Crippen molar-refractivity contribution < 1.29 is 0 Å². The van der Waals surface area contributed by atoms with Crippen molar-refractivity contribution in [3.63, 3.8) is 0 Å². The summed E-state index contributed by atoms with van der Waals surface area (Å²) in [5.74, 6) is 0. The number of pyridine rings is 1. The van der Waals surface area contributed by atoms with E-state index in [2.05, 4.69) is 29.1 Å². The zero-order valence-corrected chi connectivity index (χ0v) is 10.5. The number of hydrogen-bond donors (Lipinski definition) is 0. The first-order chi connectivity index (χ1) is 7.83. The van der Waals surface area contributed by atoms with Crippen molar-refractivity contribution in [3.8, 4) is 0 Å². The first-order valence-electron chi connectivity index (χ1n) is 6.12. The molecule has 1 aromatic heterocycles. The lowest BCUT2D eigenvalue weighted by molar-refractivity contribution is 0.183. The third-order valence-corrected chi connectivity index (χ3v) is 5.18. The molecule has 2 aliphatic heterocycles. The summed E-state index contributed by atoms with van der Waals surface area (Å²) in [5, 5.41) is 1.97. The molecule has 0 aliphatic carbocycles. The van der Waals surface area contributed by atoms with Crippen LogP contribution >= 0.6 is 11.8 Å². The molecule has 3 heterocycles. The van der Waals surface area contributed by atoms with Crippen LogP contribution in [0.15, 0.2) is 29.4 Å². The van der Waals surface area contributed by atoms with E-state index >= 15 is 0 Å². The first kappa shape index (κ1) is 10.6. The van der Waals surface area contributed by atoms with Gasteiger partial charge in [-0.05, 0) is 44.9 Å². The van der Waals surface area contributed by atoms with Crippen molar-refractivity contribution in [1.29, 1.82) is 0 Å². The number of fused-ring (bicyclic) bond motifs is 2. The number of hydrogen-bond acceptors (Lipinski definition) is 3. The molecule has 0 aromatic carbocycles. The van der Waals surface area contributed by atoms with Crippen LogP contribution in [-0.4, -0.2) is 34.3 Å². The van der Waals surface area contributed by atoms with E-state index < -0.39 is 0 Å². The highest BCUT2D eigenvalue weighted by atomic mass is 32.2. The molecule has 2 unspecified atom stereocenters. The minimum atomic E-state index is 0.781. The van der Waals surface area contributed by atoms with Gasteiger partial charge in [0.1, 0.15) is 0 Å². The Morgan fingerprint density at radius 3 is 2.62 bits per heavy atom. The molecule has 3 rings (SSSR count). The summed E-state index contributed by atoms with van der Waals surface area (Å²) in [6, 6.07) is 7.87. The van der Waals surface area contributed by atoms with Crippen LogP contribution in [0.2, 0.25) is 0 Å².